The van der Waals surface area contributed by atoms with Crippen LogP contribution in [0.3, 0.4) is 0 Å². The first kappa shape index (κ1) is 24.5. The van der Waals surface area contributed by atoms with E-state index in [0.717, 1.165) is 35.9 Å². The van der Waals surface area contributed by atoms with Crippen LogP contribution >= 0.6 is 11.6 Å². The van der Waals surface area contributed by atoms with Gasteiger partial charge in [0.25, 0.3) is 11.5 Å². The molecule has 4 rings (SSSR count). The summed E-state index contributed by atoms with van der Waals surface area (Å²) in [5.74, 6) is 0.353. The minimum Gasteiger partial charge on any atom is -0.478 e. The average Bonchev–Trinajstić information content (AvgIpc) is 2.86. The molecule has 0 aliphatic carbocycles. The van der Waals surface area contributed by atoms with Gasteiger partial charge in [-0.2, -0.15) is 5.26 Å². The zero-order valence-corrected chi connectivity index (χ0v) is 20.7. The molecule has 10 heteroatoms. The van der Waals surface area contributed by atoms with Crippen molar-refractivity contribution in [1.29, 1.82) is 5.26 Å². The molecule has 0 saturated carbocycles. The van der Waals surface area contributed by atoms with Gasteiger partial charge in [0.2, 0.25) is 5.95 Å². The fraction of sp³-hybridized carbons (Fsp3) is 0.400. The number of piperidine rings is 1. The number of aromatic nitrogens is 3. The van der Waals surface area contributed by atoms with Crippen LogP contribution in [-0.2, 0) is 18.3 Å². The van der Waals surface area contributed by atoms with Crippen LogP contribution in [-0.4, -0.2) is 47.2 Å². The highest BCUT2D eigenvalue weighted by Crippen LogP contribution is 2.31. The van der Waals surface area contributed by atoms with Crippen LogP contribution in [0.25, 0.3) is 10.9 Å². The largest absolute Gasteiger partial charge is 0.478 e. The molecule has 9 nitrogen and oxygen atoms in total. The number of ether oxygens (including phenoxy) is 1. The number of pyridine rings is 1. The SMILES string of the molecule is CNC(=O)COc1cc2cc(Cc3nc(N4CCCC(C)(C#N)C4)ncc3Cl)ccc2n(C)c1=O. The third kappa shape index (κ3) is 5.23. The Kier molecular flexibility index (Phi) is 6.94. The lowest BCUT2D eigenvalue weighted by Crippen LogP contribution is -2.41. The number of hydrogen-bond acceptors (Lipinski definition) is 7. The number of nitrogens with zero attached hydrogens (tertiary/aromatic N) is 5. The highest BCUT2D eigenvalue weighted by atomic mass is 35.5. The summed E-state index contributed by atoms with van der Waals surface area (Å²) in [5, 5.41) is 13.3. The van der Waals surface area contributed by atoms with Crippen LogP contribution in [0.1, 0.15) is 31.0 Å². The molecule has 3 heterocycles. The molecule has 2 aromatic heterocycles. The van der Waals surface area contributed by atoms with E-state index in [2.05, 4.69) is 16.4 Å². The van der Waals surface area contributed by atoms with Crippen molar-refractivity contribution in [1.82, 2.24) is 19.9 Å². The van der Waals surface area contributed by atoms with Gasteiger partial charge in [-0.15, -0.1) is 0 Å². The summed E-state index contributed by atoms with van der Waals surface area (Å²) < 4.78 is 6.95. The van der Waals surface area contributed by atoms with Gasteiger partial charge in [-0.1, -0.05) is 17.7 Å². The summed E-state index contributed by atoms with van der Waals surface area (Å²) in [6, 6.07) is 9.81. The molecule has 1 saturated heterocycles. The van der Waals surface area contributed by atoms with E-state index in [0.29, 0.717) is 29.6 Å². The second-order valence-electron chi connectivity index (χ2n) is 9.07. The fourth-order valence-electron chi connectivity index (χ4n) is 4.29. The zero-order valence-electron chi connectivity index (χ0n) is 20.0. The van der Waals surface area contributed by atoms with E-state index in [1.54, 1.807) is 19.3 Å². The van der Waals surface area contributed by atoms with Gasteiger partial charge >= 0.3 is 0 Å². The number of likely N-dealkylation sites (N-methyl/N-ethyl adjacent to an activating group) is 1. The second-order valence-corrected chi connectivity index (χ2v) is 9.47. The molecule has 1 aliphatic heterocycles. The molecule has 0 spiro atoms. The predicted molar refractivity (Wildman–Crippen MR) is 134 cm³/mol. The minimum absolute atomic E-state index is 0.105. The molecule has 1 amide bonds. The number of hydrogen-bond donors (Lipinski definition) is 1. The Balaban J connectivity index is 1.62. The van der Waals surface area contributed by atoms with Crippen LogP contribution in [0, 0.1) is 16.7 Å². The Hall–Kier alpha value is -3.64. The van der Waals surface area contributed by atoms with Gasteiger partial charge in [0, 0.05) is 39.0 Å². The minimum atomic E-state index is -0.423. The summed E-state index contributed by atoms with van der Waals surface area (Å²) >= 11 is 6.44. The van der Waals surface area contributed by atoms with Crippen molar-refractivity contribution in [2.75, 3.05) is 31.6 Å². The van der Waals surface area contributed by atoms with E-state index in [4.69, 9.17) is 21.3 Å². The average molecular weight is 495 g/mol. The maximum Gasteiger partial charge on any atom is 0.293 e. The van der Waals surface area contributed by atoms with Crippen molar-refractivity contribution < 1.29 is 9.53 Å². The maximum absolute atomic E-state index is 12.6. The molecular weight excluding hydrogens is 468 g/mol. The lowest BCUT2D eigenvalue weighted by Gasteiger charge is -2.36. The monoisotopic (exact) mass is 494 g/mol. The first-order chi connectivity index (χ1) is 16.7. The van der Waals surface area contributed by atoms with E-state index in [1.807, 2.05) is 30.0 Å². The summed E-state index contributed by atoms with van der Waals surface area (Å²) in [4.78, 5) is 35.3. The molecule has 1 fully saturated rings. The number of fused-ring (bicyclic) bond motifs is 1. The molecule has 3 aromatic rings. The molecule has 1 atom stereocenters. The third-order valence-electron chi connectivity index (χ3n) is 6.32. The maximum atomic E-state index is 12.6. The van der Waals surface area contributed by atoms with Gasteiger partial charge in [0.1, 0.15) is 0 Å². The number of nitriles is 1. The summed E-state index contributed by atoms with van der Waals surface area (Å²) in [5.41, 5.74) is 1.63. The number of carbonyl (C=O) groups is 1. The van der Waals surface area contributed by atoms with Gasteiger partial charge in [0.05, 0.1) is 33.9 Å². The number of nitrogens with one attached hydrogen (secondary N) is 1. The van der Waals surface area contributed by atoms with Gasteiger partial charge in [-0.25, -0.2) is 9.97 Å². The fourth-order valence-corrected chi connectivity index (χ4v) is 4.45. The van der Waals surface area contributed by atoms with Gasteiger partial charge < -0.3 is 19.5 Å². The third-order valence-corrected chi connectivity index (χ3v) is 6.63. The van der Waals surface area contributed by atoms with Gasteiger partial charge in [0.15, 0.2) is 12.4 Å². The first-order valence-corrected chi connectivity index (χ1v) is 11.7. The van der Waals surface area contributed by atoms with Crippen molar-refractivity contribution in [3.63, 3.8) is 0 Å². The van der Waals surface area contributed by atoms with E-state index in [9.17, 15) is 14.9 Å². The zero-order chi connectivity index (χ0) is 25.2. The second kappa shape index (κ2) is 9.92. The molecule has 0 radical (unpaired) electrons. The van der Waals surface area contributed by atoms with Crippen LogP contribution in [0.4, 0.5) is 5.95 Å². The molecule has 1 unspecified atom stereocenters. The number of amides is 1. The van der Waals surface area contributed by atoms with Crippen LogP contribution < -0.4 is 20.5 Å². The Morgan fingerprint density at radius 2 is 2.17 bits per heavy atom. The van der Waals surface area contributed by atoms with E-state index >= 15 is 0 Å². The lowest BCUT2D eigenvalue weighted by molar-refractivity contribution is -0.122. The summed E-state index contributed by atoms with van der Waals surface area (Å²) in [6.45, 7) is 3.09. The smallest absolute Gasteiger partial charge is 0.293 e. The number of anilines is 1. The highest BCUT2D eigenvalue weighted by molar-refractivity contribution is 6.31. The Bertz CT molecular complexity index is 1380. The number of halogens is 1. The molecular formula is C25H27ClN6O3. The molecule has 1 N–H and O–H groups in total. The predicted octanol–water partition coefficient (Wildman–Crippen LogP) is 2.83. The molecule has 0 bridgehead atoms. The molecule has 35 heavy (non-hydrogen) atoms. The van der Waals surface area contributed by atoms with Crippen molar-refractivity contribution in [3.8, 4) is 11.8 Å². The molecule has 1 aromatic carbocycles. The quantitative estimate of drug-likeness (QED) is 0.560. The summed E-state index contributed by atoms with van der Waals surface area (Å²) in [7, 11) is 3.17. The standard InChI is InChI=1S/C25H27ClN6O3/c1-25(14-27)7-4-8-32(15-25)24-29-12-18(26)19(30-24)10-16-5-6-20-17(9-16)11-21(23(34)31(20)3)35-13-22(33)28-2/h5-6,9,11-12H,4,7-8,10,13,15H2,1-3H3,(H,28,33). The normalized spacial score (nSPS) is 17.7. The Labute approximate surface area is 208 Å². The number of benzene rings is 1. The number of rotatable bonds is 6. The number of aryl methyl sites for hydroxylation is 1. The van der Waals surface area contributed by atoms with E-state index in [-0.39, 0.29) is 23.8 Å². The first-order valence-electron chi connectivity index (χ1n) is 11.4. The summed E-state index contributed by atoms with van der Waals surface area (Å²) in [6.07, 6.45) is 3.83. The van der Waals surface area contributed by atoms with Crippen molar-refractivity contribution in [3.05, 3.63) is 57.1 Å². The Morgan fingerprint density at radius 1 is 1.37 bits per heavy atom. The molecule has 182 valence electrons. The van der Waals surface area contributed by atoms with Crippen molar-refractivity contribution >= 4 is 34.4 Å². The van der Waals surface area contributed by atoms with Crippen LogP contribution in [0.5, 0.6) is 5.75 Å². The van der Waals surface area contributed by atoms with E-state index in [1.165, 1.54) is 11.6 Å². The van der Waals surface area contributed by atoms with Gasteiger partial charge in [-0.3, -0.25) is 9.59 Å². The lowest BCUT2D eigenvalue weighted by atomic mass is 9.84. The Morgan fingerprint density at radius 3 is 2.91 bits per heavy atom. The highest BCUT2D eigenvalue weighted by Gasteiger charge is 2.32. The number of carbonyl (C=O) groups excluding carboxylic acids is 1. The van der Waals surface area contributed by atoms with Crippen molar-refractivity contribution in [2.24, 2.45) is 12.5 Å². The van der Waals surface area contributed by atoms with Crippen LogP contribution in [0.2, 0.25) is 5.02 Å². The van der Waals surface area contributed by atoms with Crippen LogP contribution in [0.15, 0.2) is 35.3 Å². The topological polar surface area (TPSA) is 113 Å². The van der Waals surface area contributed by atoms with E-state index < -0.39 is 5.41 Å². The van der Waals surface area contributed by atoms with Gasteiger partial charge in [-0.05, 0) is 43.5 Å². The van der Waals surface area contributed by atoms with Crippen molar-refractivity contribution in [2.45, 2.75) is 26.2 Å². The molecule has 1 aliphatic rings.